The summed E-state index contributed by atoms with van der Waals surface area (Å²) in [7, 11) is 0. The first kappa shape index (κ1) is 10.3. The van der Waals surface area contributed by atoms with E-state index in [-0.39, 0.29) is 17.9 Å². The van der Waals surface area contributed by atoms with Gasteiger partial charge in [0.2, 0.25) is 5.91 Å². The van der Waals surface area contributed by atoms with Gasteiger partial charge in [-0.05, 0) is 18.2 Å². The zero-order valence-corrected chi connectivity index (χ0v) is 7.47. The van der Waals surface area contributed by atoms with Gasteiger partial charge in [-0.2, -0.15) is 0 Å². The molecular formula is C9H12N2O3. The lowest BCUT2D eigenvalue weighted by Gasteiger charge is -2.11. The standard InChI is InChI=1S/C9H12N2O3/c10-7(4-9(11)14)6-3-5(12)1-2-8(6)13/h1-3,7,12-13H,4,10H2,(H2,11,14). The molecule has 1 amide bonds. The second-order valence-corrected chi connectivity index (χ2v) is 3.02. The lowest BCUT2D eigenvalue weighted by atomic mass is 10.0. The van der Waals surface area contributed by atoms with E-state index in [1.54, 1.807) is 0 Å². The molecule has 0 saturated heterocycles. The third-order valence-corrected chi connectivity index (χ3v) is 1.83. The van der Waals surface area contributed by atoms with Crippen LogP contribution in [0.3, 0.4) is 0 Å². The first-order chi connectivity index (χ1) is 6.50. The molecule has 0 aliphatic heterocycles. The van der Waals surface area contributed by atoms with Crippen molar-refractivity contribution < 1.29 is 15.0 Å². The van der Waals surface area contributed by atoms with Crippen molar-refractivity contribution in [1.29, 1.82) is 0 Å². The Morgan fingerprint density at radius 3 is 2.64 bits per heavy atom. The van der Waals surface area contributed by atoms with E-state index in [4.69, 9.17) is 16.6 Å². The lowest BCUT2D eigenvalue weighted by molar-refractivity contribution is -0.118. The van der Waals surface area contributed by atoms with Crippen molar-refractivity contribution in [3.8, 4) is 11.5 Å². The summed E-state index contributed by atoms with van der Waals surface area (Å²) in [5.41, 5.74) is 10.9. The van der Waals surface area contributed by atoms with Crippen LogP contribution in [-0.2, 0) is 4.79 Å². The maximum absolute atomic E-state index is 10.6. The molecule has 76 valence electrons. The summed E-state index contributed by atoms with van der Waals surface area (Å²) in [6, 6.07) is 3.25. The molecule has 1 atom stereocenters. The summed E-state index contributed by atoms with van der Waals surface area (Å²) < 4.78 is 0. The van der Waals surface area contributed by atoms with Crippen LogP contribution in [0.1, 0.15) is 18.0 Å². The van der Waals surface area contributed by atoms with Gasteiger partial charge in [-0.25, -0.2) is 0 Å². The first-order valence-corrected chi connectivity index (χ1v) is 4.06. The zero-order chi connectivity index (χ0) is 10.7. The van der Waals surface area contributed by atoms with Gasteiger partial charge in [0, 0.05) is 18.0 Å². The molecule has 0 aliphatic rings. The average Bonchev–Trinajstić information content (AvgIpc) is 2.08. The van der Waals surface area contributed by atoms with Crippen LogP contribution in [-0.4, -0.2) is 16.1 Å². The molecule has 1 rings (SSSR count). The number of nitrogens with two attached hydrogens (primary N) is 2. The Balaban J connectivity index is 2.93. The molecule has 0 heterocycles. The number of hydrogen-bond acceptors (Lipinski definition) is 4. The van der Waals surface area contributed by atoms with Crippen molar-refractivity contribution in [2.45, 2.75) is 12.5 Å². The summed E-state index contributed by atoms with van der Waals surface area (Å²) >= 11 is 0. The quantitative estimate of drug-likeness (QED) is 0.509. The predicted molar refractivity (Wildman–Crippen MR) is 50.5 cm³/mol. The summed E-state index contributed by atoms with van der Waals surface area (Å²) in [5.74, 6) is -0.630. The van der Waals surface area contributed by atoms with Crippen molar-refractivity contribution in [1.82, 2.24) is 0 Å². The van der Waals surface area contributed by atoms with E-state index < -0.39 is 11.9 Å². The second kappa shape index (κ2) is 3.97. The van der Waals surface area contributed by atoms with Crippen molar-refractivity contribution in [3.63, 3.8) is 0 Å². The largest absolute Gasteiger partial charge is 0.508 e. The minimum absolute atomic E-state index is 0.0160. The Morgan fingerprint density at radius 1 is 1.43 bits per heavy atom. The van der Waals surface area contributed by atoms with Crippen LogP contribution >= 0.6 is 0 Å². The highest BCUT2D eigenvalue weighted by atomic mass is 16.3. The fourth-order valence-corrected chi connectivity index (χ4v) is 1.17. The van der Waals surface area contributed by atoms with E-state index >= 15 is 0 Å². The lowest BCUT2D eigenvalue weighted by Crippen LogP contribution is -2.20. The number of phenols is 2. The topological polar surface area (TPSA) is 110 Å². The van der Waals surface area contributed by atoms with Crippen LogP contribution < -0.4 is 11.5 Å². The number of carbonyl (C=O) groups is 1. The molecular weight excluding hydrogens is 184 g/mol. The molecule has 0 saturated carbocycles. The first-order valence-electron chi connectivity index (χ1n) is 4.06. The summed E-state index contributed by atoms with van der Waals surface area (Å²) in [4.78, 5) is 10.6. The van der Waals surface area contributed by atoms with Gasteiger partial charge in [0.05, 0.1) is 0 Å². The van der Waals surface area contributed by atoms with E-state index in [0.717, 1.165) is 0 Å². The van der Waals surface area contributed by atoms with Gasteiger partial charge in [-0.3, -0.25) is 4.79 Å². The number of amides is 1. The van der Waals surface area contributed by atoms with Gasteiger partial charge in [-0.15, -0.1) is 0 Å². The average molecular weight is 196 g/mol. The number of rotatable bonds is 3. The number of primary amides is 1. The van der Waals surface area contributed by atoms with Crippen molar-refractivity contribution in [3.05, 3.63) is 23.8 Å². The molecule has 0 radical (unpaired) electrons. The van der Waals surface area contributed by atoms with E-state index in [0.29, 0.717) is 5.56 Å². The molecule has 14 heavy (non-hydrogen) atoms. The summed E-state index contributed by atoms with van der Waals surface area (Å²) in [6.45, 7) is 0. The minimum Gasteiger partial charge on any atom is -0.508 e. The maximum Gasteiger partial charge on any atom is 0.219 e. The molecule has 6 N–H and O–H groups in total. The maximum atomic E-state index is 10.6. The predicted octanol–water partition coefficient (Wildman–Crippen LogP) is -0.0270. The van der Waals surface area contributed by atoms with Crippen LogP contribution in [0.5, 0.6) is 11.5 Å². The molecule has 0 fully saturated rings. The fourth-order valence-electron chi connectivity index (χ4n) is 1.17. The number of hydrogen-bond donors (Lipinski definition) is 4. The van der Waals surface area contributed by atoms with Crippen molar-refractivity contribution in [2.75, 3.05) is 0 Å². The normalized spacial score (nSPS) is 12.4. The number of phenolic OH excluding ortho intramolecular Hbond substituents is 2. The molecule has 0 aromatic heterocycles. The number of aromatic hydroxyl groups is 2. The molecule has 5 heteroatoms. The monoisotopic (exact) mass is 196 g/mol. The fraction of sp³-hybridized carbons (Fsp3) is 0.222. The highest BCUT2D eigenvalue weighted by Crippen LogP contribution is 2.27. The van der Waals surface area contributed by atoms with E-state index in [1.807, 2.05) is 0 Å². The summed E-state index contributed by atoms with van der Waals surface area (Å²) in [6.07, 6.45) is -0.0724. The molecule has 1 aromatic rings. The van der Waals surface area contributed by atoms with Gasteiger partial charge >= 0.3 is 0 Å². The Bertz CT molecular complexity index is 352. The number of carbonyl (C=O) groups excluding carboxylic acids is 1. The van der Waals surface area contributed by atoms with Gasteiger partial charge in [-0.1, -0.05) is 0 Å². The van der Waals surface area contributed by atoms with Gasteiger partial charge in [0.15, 0.2) is 0 Å². The van der Waals surface area contributed by atoms with Gasteiger partial charge in [0.25, 0.3) is 0 Å². The SMILES string of the molecule is NC(=O)CC(N)c1cc(O)ccc1O. The van der Waals surface area contributed by atoms with Crippen LogP contribution in [0.15, 0.2) is 18.2 Å². The van der Waals surface area contributed by atoms with Gasteiger partial charge < -0.3 is 21.7 Å². The highest BCUT2D eigenvalue weighted by molar-refractivity contribution is 5.74. The van der Waals surface area contributed by atoms with Crippen LogP contribution in [0.25, 0.3) is 0 Å². The van der Waals surface area contributed by atoms with Crippen LogP contribution in [0.2, 0.25) is 0 Å². The number of benzene rings is 1. The highest BCUT2D eigenvalue weighted by Gasteiger charge is 2.13. The van der Waals surface area contributed by atoms with Crippen molar-refractivity contribution >= 4 is 5.91 Å². The molecule has 1 unspecified atom stereocenters. The summed E-state index contributed by atoms with van der Waals surface area (Å²) in [5, 5.41) is 18.5. The Kier molecular flexibility index (Phi) is 2.93. The van der Waals surface area contributed by atoms with Crippen LogP contribution in [0.4, 0.5) is 0 Å². The molecule has 1 aromatic carbocycles. The smallest absolute Gasteiger partial charge is 0.219 e. The second-order valence-electron chi connectivity index (χ2n) is 3.02. The van der Waals surface area contributed by atoms with Crippen molar-refractivity contribution in [2.24, 2.45) is 11.5 Å². The zero-order valence-electron chi connectivity index (χ0n) is 7.47. The van der Waals surface area contributed by atoms with E-state index in [1.165, 1.54) is 18.2 Å². The minimum atomic E-state index is -0.695. The Hall–Kier alpha value is -1.75. The van der Waals surface area contributed by atoms with E-state index in [2.05, 4.69) is 0 Å². The Labute approximate surface area is 81.0 Å². The Morgan fingerprint density at radius 2 is 2.07 bits per heavy atom. The molecule has 5 nitrogen and oxygen atoms in total. The molecule has 0 spiro atoms. The third-order valence-electron chi connectivity index (χ3n) is 1.83. The van der Waals surface area contributed by atoms with Crippen LogP contribution in [0, 0.1) is 0 Å². The molecule has 0 aliphatic carbocycles. The van der Waals surface area contributed by atoms with E-state index in [9.17, 15) is 9.90 Å². The third kappa shape index (κ3) is 2.37. The van der Waals surface area contributed by atoms with Gasteiger partial charge in [0.1, 0.15) is 11.5 Å². The molecule has 0 bridgehead atoms.